The molecule has 1 N–H and O–H groups in total. The number of hydrogen-bond acceptors (Lipinski definition) is 6. The molecule has 1 atom stereocenters. The number of nitrogens with one attached hydrogen (secondary N) is 1. The molecule has 3 aromatic rings. The van der Waals surface area contributed by atoms with Gasteiger partial charge in [0.1, 0.15) is 15.3 Å². The summed E-state index contributed by atoms with van der Waals surface area (Å²) in [6.07, 6.45) is -0.206. The van der Waals surface area contributed by atoms with Gasteiger partial charge in [-0.25, -0.2) is 4.39 Å². The second-order valence-electron chi connectivity index (χ2n) is 6.66. The molecular weight excluding hydrogens is 473 g/mol. The van der Waals surface area contributed by atoms with E-state index in [1.54, 1.807) is 41.8 Å². The van der Waals surface area contributed by atoms with Crippen LogP contribution in [-0.4, -0.2) is 30.6 Å². The highest BCUT2D eigenvalue weighted by Crippen LogP contribution is 2.35. The zero-order valence-corrected chi connectivity index (χ0v) is 18.8. The van der Waals surface area contributed by atoms with Gasteiger partial charge in [-0.2, -0.15) is 8.42 Å². The maximum absolute atomic E-state index is 13.1. The van der Waals surface area contributed by atoms with Crippen LogP contribution in [0.2, 0.25) is 0 Å². The fourth-order valence-corrected chi connectivity index (χ4v) is 6.25. The average molecular weight is 490 g/mol. The van der Waals surface area contributed by atoms with E-state index in [1.165, 1.54) is 35.2 Å². The first-order chi connectivity index (χ1) is 15.3. The zero-order chi connectivity index (χ0) is 22.7. The standard InChI is InChI=1S/C21H16FN3O4S3/c22-14-8-10-15(11-9-14)23-18(26)13-17-20(27)25(16-5-2-1-3-6-16)21(31-17)24-32(28,29)19-7-4-12-30-19/h1-12,17H,13H2,(H,23,26)/t17-/m1/s1. The van der Waals surface area contributed by atoms with Crippen molar-refractivity contribution < 1.29 is 22.4 Å². The number of halogens is 1. The number of nitrogens with zero attached hydrogens (tertiary/aromatic N) is 2. The molecule has 0 radical (unpaired) electrons. The molecule has 2 amide bonds. The van der Waals surface area contributed by atoms with Gasteiger partial charge < -0.3 is 5.32 Å². The highest BCUT2D eigenvalue weighted by atomic mass is 32.2. The number of hydrogen-bond donors (Lipinski definition) is 1. The number of benzene rings is 2. The fraction of sp³-hybridized carbons (Fsp3) is 0.0952. The molecule has 0 spiro atoms. The zero-order valence-electron chi connectivity index (χ0n) is 16.3. The molecule has 1 aliphatic rings. The lowest BCUT2D eigenvalue weighted by Gasteiger charge is -2.16. The van der Waals surface area contributed by atoms with Gasteiger partial charge in [-0.05, 0) is 47.8 Å². The Bertz CT molecular complexity index is 1260. The van der Waals surface area contributed by atoms with Crippen LogP contribution in [-0.2, 0) is 19.6 Å². The molecular formula is C21H16FN3O4S3. The number of thiophene rings is 1. The van der Waals surface area contributed by atoms with E-state index >= 15 is 0 Å². The third-order valence-corrected chi connectivity index (χ3v) is 8.29. The number of rotatable bonds is 6. The summed E-state index contributed by atoms with van der Waals surface area (Å²) in [6.45, 7) is 0. The molecule has 0 bridgehead atoms. The monoisotopic (exact) mass is 489 g/mol. The van der Waals surface area contributed by atoms with E-state index in [0.29, 0.717) is 11.4 Å². The maximum Gasteiger partial charge on any atom is 0.294 e. The highest BCUT2D eigenvalue weighted by molar-refractivity contribution is 8.16. The summed E-state index contributed by atoms with van der Waals surface area (Å²) >= 11 is 1.94. The van der Waals surface area contributed by atoms with Crippen LogP contribution in [0.15, 0.2) is 80.7 Å². The molecule has 1 fully saturated rings. The molecule has 0 saturated carbocycles. The van der Waals surface area contributed by atoms with Crippen molar-refractivity contribution in [2.75, 3.05) is 10.2 Å². The lowest BCUT2D eigenvalue weighted by molar-refractivity contribution is -0.121. The Morgan fingerprint density at radius 3 is 2.44 bits per heavy atom. The Labute approximate surface area is 192 Å². The lowest BCUT2D eigenvalue weighted by Crippen LogP contribution is -2.33. The van der Waals surface area contributed by atoms with Gasteiger partial charge in [0.05, 0.1) is 5.69 Å². The van der Waals surface area contributed by atoms with Crippen LogP contribution in [0, 0.1) is 5.82 Å². The van der Waals surface area contributed by atoms with Gasteiger partial charge in [0, 0.05) is 12.1 Å². The molecule has 7 nitrogen and oxygen atoms in total. The van der Waals surface area contributed by atoms with Crippen molar-refractivity contribution in [1.82, 2.24) is 0 Å². The number of sulfonamides is 1. The molecule has 1 saturated heterocycles. The summed E-state index contributed by atoms with van der Waals surface area (Å²) in [6, 6.07) is 16.8. The van der Waals surface area contributed by atoms with Gasteiger partial charge in [-0.1, -0.05) is 36.0 Å². The van der Waals surface area contributed by atoms with Gasteiger partial charge in [-0.3, -0.25) is 14.5 Å². The van der Waals surface area contributed by atoms with Crippen LogP contribution >= 0.6 is 23.1 Å². The van der Waals surface area contributed by atoms with Crippen LogP contribution in [0.4, 0.5) is 15.8 Å². The topological polar surface area (TPSA) is 95.9 Å². The SMILES string of the molecule is O=C(C[C@H]1SC(=NS(=O)(=O)c2cccs2)N(c2ccccc2)C1=O)Nc1ccc(F)cc1. The van der Waals surface area contributed by atoms with Crippen molar-refractivity contribution in [2.45, 2.75) is 15.9 Å². The first-order valence-electron chi connectivity index (χ1n) is 9.33. The molecule has 1 aromatic heterocycles. The van der Waals surface area contributed by atoms with E-state index in [4.69, 9.17) is 0 Å². The Morgan fingerprint density at radius 1 is 1.06 bits per heavy atom. The van der Waals surface area contributed by atoms with E-state index < -0.39 is 32.9 Å². The molecule has 2 heterocycles. The number of thioether (sulfide) groups is 1. The first-order valence-corrected chi connectivity index (χ1v) is 12.5. The summed E-state index contributed by atoms with van der Waals surface area (Å²) in [4.78, 5) is 26.8. The minimum atomic E-state index is -4.01. The molecule has 4 rings (SSSR count). The summed E-state index contributed by atoms with van der Waals surface area (Å²) < 4.78 is 42.4. The summed E-state index contributed by atoms with van der Waals surface area (Å²) in [5, 5.41) is 3.35. The van der Waals surface area contributed by atoms with Crippen molar-refractivity contribution in [2.24, 2.45) is 4.40 Å². The van der Waals surface area contributed by atoms with E-state index in [9.17, 15) is 22.4 Å². The predicted octanol–water partition coefficient (Wildman–Crippen LogP) is 4.11. The van der Waals surface area contributed by atoms with Crippen LogP contribution in [0.3, 0.4) is 0 Å². The number of para-hydroxylation sites is 1. The van der Waals surface area contributed by atoms with Gasteiger partial charge in [0.25, 0.3) is 10.0 Å². The normalized spacial score (nSPS) is 17.7. The smallest absolute Gasteiger partial charge is 0.294 e. The van der Waals surface area contributed by atoms with Crippen molar-refractivity contribution in [1.29, 1.82) is 0 Å². The molecule has 11 heteroatoms. The minimum absolute atomic E-state index is 0.0193. The summed E-state index contributed by atoms with van der Waals surface area (Å²) in [5.41, 5.74) is 0.840. The largest absolute Gasteiger partial charge is 0.326 e. The number of anilines is 2. The number of carbonyl (C=O) groups excluding carboxylic acids is 2. The van der Waals surface area contributed by atoms with E-state index in [-0.39, 0.29) is 15.8 Å². The second-order valence-corrected chi connectivity index (χ2v) is 10.6. The van der Waals surface area contributed by atoms with Crippen LogP contribution in [0.5, 0.6) is 0 Å². The molecule has 0 aliphatic carbocycles. The van der Waals surface area contributed by atoms with Crippen molar-refractivity contribution in [3.8, 4) is 0 Å². The van der Waals surface area contributed by atoms with Crippen molar-refractivity contribution in [3.05, 3.63) is 77.9 Å². The van der Waals surface area contributed by atoms with Gasteiger partial charge in [-0.15, -0.1) is 15.7 Å². The van der Waals surface area contributed by atoms with Crippen LogP contribution < -0.4 is 10.2 Å². The van der Waals surface area contributed by atoms with Crippen LogP contribution in [0.1, 0.15) is 6.42 Å². The molecule has 32 heavy (non-hydrogen) atoms. The second kappa shape index (κ2) is 9.23. The van der Waals surface area contributed by atoms with E-state index in [0.717, 1.165) is 23.1 Å². The van der Waals surface area contributed by atoms with E-state index in [1.807, 2.05) is 0 Å². The highest BCUT2D eigenvalue weighted by Gasteiger charge is 2.41. The van der Waals surface area contributed by atoms with Crippen LogP contribution in [0.25, 0.3) is 0 Å². The summed E-state index contributed by atoms with van der Waals surface area (Å²) in [7, 11) is -4.01. The Hall–Kier alpha value is -3.02. The third-order valence-electron chi connectivity index (χ3n) is 4.40. The summed E-state index contributed by atoms with van der Waals surface area (Å²) in [5.74, 6) is -1.34. The fourth-order valence-electron chi connectivity index (χ4n) is 2.95. The molecule has 0 unspecified atom stereocenters. The van der Waals surface area contributed by atoms with Gasteiger partial charge in [0.2, 0.25) is 11.8 Å². The van der Waals surface area contributed by atoms with E-state index in [2.05, 4.69) is 9.71 Å². The Balaban J connectivity index is 1.60. The predicted molar refractivity (Wildman–Crippen MR) is 124 cm³/mol. The van der Waals surface area contributed by atoms with Gasteiger partial charge >= 0.3 is 0 Å². The maximum atomic E-state index is 13.1. The average Bonchev–Trinajstić information content (AvgIpc) is 3.40. The number of amides is 2. The lowest BCUT2D eigenvalue weighted by atomic mass is 10.2. The molecule has 2 aromatic carbocycles. The Kier molecular flexibility index (Phi) is 6.40. The van der Waals surface area contributed by atoms with Crippen molar-refractivity contribution >= 4 is 61.5 Å². The van der Waals surface area contributed by atoms with Crippen molar-refractivity contribution in [3.63, 3.8) is 0 Å². The molecule has 164 valence electrons. The minimum Gasteiger partial charge on any atom is -0.326 e. The Morgan fingerprint density at radius 2 is 1.78 bits per heavy atom. The number of amidine groups is 1. The quantitative estimate of drug-likeness (QED) is 0.562. The first kappa shape index (κ1) is 22.2. The molecule has 1 aliphatic heterocycles. The third kappa shape index (κ3) is 4.90. The number of carbonyl (C=O) groups is 2. The van der Waals surface area contributed by atoms with Gasteiger partial charge in [0.15, 0.2) is 5.17 Å².